The van der Waals surface area contributed by atoms with Crippen LogP contribution in [0.15, 0.2) is 42.5 Å². The van der Waals surface area contributed by atoms with Gasteiger partial charge in [0.1, 0.15) is 0 Å². The molecule has 0 saturated carbocycles. The number of urea groups is 1. The molecule has 3 amide bonds. The Labute approximate surface area is 159 Å². The molecule has 7 nitrogen and oxygen atoms in total. The Hall–Kier alpha value is -3.22. The smallest absolute Gasteiger partial charge is 0.319 e. The summed E-state index contributed by atoms with van der Waals surface area (Å²) in [4.78, 5) is 23.8. The SMILES string of the molecule is CCNC(=O)Nc1cccc(NC(=O)CCc2ccc(OC)c(OC)c2)c1. The minimum absolute atomic E-state index is 0.111. The summed E-state index contributed by atoms with van der Waals surface area (Å²) in [6.45, 7) is 2.38. The molecular formula is C20H25N3O4. The maximum atomic E-state index is 12.2. The summed E-state index contributed by atoms with van der Waals surface area (Å²) in [5.41, 5.74) is 2.22. The first-order valence-electron chi connectivity index (χ1n) is 8.71. The van der Waals surface area contributed by atoms with E-state index in [9.17, 15) is 9.59 Å². The topological polar surface area (TPSA) is 88.7 Å². The zero-order chi connectivity index (χ0) is 19.6. The summed E-state index contributed by atoms with van der Waals surface area (Å²) in [5, 5.41) is 8.21. The van der Waals surface area contributed by atoms with Crippen LogP contribution in [0.3, 0.4) is 0 Å². The Morgan fingerprint density at radius 1 is 0.926 bits per heavy atom. The Morgan fingerprint density at radius 3 is 2.30 bits per heavy atom. The van der Waals surface area contributed by atoms with E-state index in [0.717, 1.165) is 5.56 Å². The monoisotopic (exact) mass is 371 g/mol. The van der Waals surface area contributed by atoms with Crippen LogP contribution in [0.1, 0.15) is 18.9 Å². The molecule has 2 aromatic rings. The fourth-order valence-corrected chi connectivity index (χ4v) is 2.53. The van der Waals surface area contributed by atoms with Gasteiger partial charge in [-0.3, -0.25) is 4.79 Å². The third-order valence-corrected chi connectivity index (χ3v) is 3.83. The molecule has 0 heterocycles. The summed E-state index contributed by atoms with van der Waals surface area (Å²) in [6.07, 6.45) is 0.895. The van der Waals surface area contributed by atoms with E-state index >= 15 is 0 Å². The molecule has 0 aliphatic heterocycles. The third-order valence-electron chi connectivity index (χ3n) is 3.83. The number of methoxy groups -OCH3 is 2. The largest absolute Gasteiger partial charge is 0.493 e. The predicted molar refractivity (Wildman–Crippen MR) is 106 cm³/mol. The van der Waals surface area contributed by atoms with E-state index in [-0.39, 0.29) is 11.9 Å². The Kier molecular flexibility index (Phi) is 7.49. The zero-order valence-electron chi connectivity index (χ0n) is 15.8. The van der Waals surface area contributed by atoms with Crippen LogP contribution >= 0.6 is 0 Å². The number of hydrogen-bond acceptors (Lipinski definition) is 4. The third kappa shape index (κ3) is 6.22. The molecule has 0 unspecified atom stereocenters. The van der Waals surface area contributed by atoms with Crippen LogP contribution in [0.25, 0.3) is 0 Å². The lowest BCUT2D eigenvalue weighted by Crippen LogP contribution is -2.28. The number of carbonyl (C=O) groups is 2. The maximum Gasteiger partial charge on any atom is 0.319 e. The molecule has 0 saturated heterocycles. The number of nitrogens with one attached hydrogen (secondary N) is 3. The lowest BCUT2D eigenvalue weighted by molar-refractivity contribution is -0.116. The first-order chi connectivity index (χ1) is 13.0. The van der Waals surface area contributed by atoms with Crippen LogP contribution in [0.4, 0.5) is 16.2 Å². The molecule has 7 heteroatoms. The number of aryl methyl sites for hydroxylation is 1. The highest BCUT2D eigenvalue weighted by atomic mass is 16.5. The quantitative estimate of drug-likeness (QED) is 0.663. The van der Waals surface area contributed by atoms with E-state index in [1.165, 1.54) is 0 Å². The summed E-state index contributed by atoms with van der Waals surface area (Å²) >= 11 is 0. The van der Waals surface area contributed by atoms with Gasteiger partial charge in [-0.15, -0.1) is 0 Å². The first kappa shape index (κ1) is 20.1. The van der Waals surface area contributed by atoms with Crippen LogP contribution in [-0.2, 0) is 11.2 Å². The first-order valence-corrected chi connectivity index (χ1v) is 8.71. The normalized spacial score (nSPS) is 10.0. The summed E-state index contributed by atoms with van der Waals surface area (Å²) in [7, 11) is 3.16. The van der Waals surface area contributed by atoms with Crippen LogP contribution in [0.5, 0.6) is 11.5 Å². The second-order valence-electron chi connectivity index (χ2n) is 5.80. The number of ether oxygens (including phenoxy) is 2. The van der Waals surface area contributed by atoms with E-state index in [2.05, 4.69) is 16.0 Å². The molecule has 0 aromatic heterocycles. The molecule has 0 aliphatic carbocycles. The molecular weight excluding hydrogens is 346 g/mol. The molecule has 27 heavy (non-hydrogen) atoms. The standard InChI is InChI=1S/C20H25N3O4/c1-4-21-20(25)23-16-7-5-6-15(13-16)22-19(24)11-9-14-8-10-17(26-2)18(12-14)27-3/h5-8,10,12-13H,4,9,11H2,1-3H3,(H,22,24)(H2,21,23,25). The molecule has 0 spiro atoms. The number of amides is 3. The second kappa shape index (κ2) is 10.1. The number of hydrogen-bond donors (Lipinski definition) is 3. The van der Waals surface area contributed by atoms with Gasteiger partial charge in [-0.2, -0.15) is 0 Å². The van der Waals surface area contributed by atoms with Crippen molar-refractivity contribution < 1.29 is 19.1 Å². The number of rotatable bonds is 8. The highest BCUT2D eigenvalue weighted by Crippen LogP contribution is 2.28. The molecule has 3 N–H and O–H groups in total. The van der Waals surface area contributed by atoms with Gasteiger partial charge in [0.15, 0.2) is 11.5 Å². The molecule has 0 atom stereocenters. The van der Waals surface area contributed by atoms with E-state index in [1.807, 2.05) is 25.1 Å². The number of carbonyl (C=O) groups excluding carboxylic acids is 2. The molecule has 2 aromatic carbocycles. The van der Waals surface area contributed by atoms with Crippen LogP contribution in [-0.4, -0.2) is 32.7 Å². The van der Waals surface area contributed by atoms with Crippen molar-refractivity contribution in [1.29, 1.82) is 0 Å². The average Bonchev–Trinajstić information content (AvgIpc) is 2.66. The fraction of sp³-hybridized carbons (Fsp3) is 0.300. The van der Waals surface area contributed by atoms with Crippen molar-refractivity contribution in [3.8, 4) is 11.5 Å². The van der Waals surface area contributed by atoms with E-state index < -0.39 is 0 Å². The molecule has 0 radical (unpaired) electrons. The van der Waals surface area contributed by atoms with Crippen LogP contribution in [0.2, 0.25) is 0 Å². The van der Waals surface area contributed by atoms with Crippen molar-refractivity contribution in [1.82, 2.24) is 5.32 Å². The molecule has 2 rings (SSSR count). The van der Waals surface area contributed by atoms with Gasteiger partial charge in [-0.1, -0.05) is 12.1 Å². The number of anilines is 2. The van der Waals surface area contributed by atoms with Gasteiger partial charge < -0.3 is 25.4 Å². The molecule has 0 bridgehead atoms. The van der Waals surface area contributed by atoms with Gasteiger partial charge in [0.25, 0.3) is 0 Å². The number of benzene rings is 2. The fourth-order valence-electron chi connectivity index (χ4n) is 2.53. The lowest BCUT2D eigenvalue weighted by Gasteiger charge is -2.10. The highest BCUT2D eigenvalue weighted by Gasteiger charge is 2.08. The predicted octanol–water partition coefficient (Wildman–Crippen LogP) is 3.42. The minimum atomic E-state index is -0.283. The van der Waals surface area contributed by atoms with Crippen molar-refractivity contribution in [3.63, 3.8) is 0 Å². The highest BCUT2D eigenvalue weighted by molar-refractivity contribution is 5.93. The van der Waals surface area contributed by atoms with Gasteiger partial charge in [0.05, 0.1) is 14.2 Å². The van der Waals surface area contributed by atoms with E-state index in [1.54, 1.807) is 38.5 Å². The van der Waals surface area contributed by atoms with Gasteiger partial charge in [-0.05, 0) is 49.2 Å². The van der Waals surface area contributed by atoms with Crippen LogP contribution < -0.4 is 25.4 Å². The van der Waals surface area contributed by atoms with Crippen molar-refractivity contribution in [2.24, 2.45) is 0 Å². The van der Waals surface area contributed by atoms with Gasteiger partial charge in [0.2, 0.25) is 5.91 Å². The van der Waals surface area contributed by atoms with Gasteiger partial charge >= 0.3 is 6.03 Å². The molecule has 0 fully saturated rings. The van der Waals surface area contributed by atoms with E-state index in [4.69, 9.17) is 9.47 Å². The Morgan fingerprint density at radius 2 is 1.63 bits per heavy atom. The lowest BCUT2D eigenvalue weighted by atomic mass is 10.1. The summed E-state index contributed by atoms with van der Waals surface area (Å²) in [5.74, 6) is 1.18. The molecule has 144 valence electrons. The van der Waals surface area contributed by atoms with Crippen molar-refractivity contribution in [2.45, 2.75) is 19.8 Å². The van der Waals surface area contributed by atoms with Gasteiger partial charge in [-0.25, -0.2) is 4.79 Å². The second-order valence-corrected chi connectivity index (χ2v) is 5.80. The summed E-state index contributed by atoms with van der Waals surface area (Å²) < 4.78 is 10.5. The minimum Gasteiger partial charge on any atom is -0.493 e. The maximum absolute atomic E-state index is 12.2. The Balaban J connectivity index is 1.91. The Bertz CT molecular complexity index is 793. The molecule has 0 aliphatic rings. The van der Waals surface area contributed by atoms with Gasteiger partial charge in [0, 0.05) is 24.3 Å². The van der Waals surface area contributed by atoms with E-state index in [0.29, 0.717) is 42.3 Å². The van der Waals surface area contributed by atoms with Crippen molar-refractivity contribution in [2.75, 3.05) is 31.4 Å². The zero-order valence-corrected chi connectivity index (χ0v) is 15.8. The average molecular weight is 371 g/mol. The van der Waals surface area contributed by atoms with Crippen molar-refractivity contribution >= 4 is 23.3 Å². The van der Waals surface area contributed by atoms with Crippen LogP contribution in [0, 0.1) is 0 Å². The summed E-state index contributed by atoms with van der Waals surface area (Å²) in [6, 6.07) is 12.3. The van der Waals surface area contributed by atoms with Crippen molar-refractivity contribution in [3.05, 3.63) is 48.0 Å².